The van der Waals surface area contributed by atoms with Crippen LogP contribution in [-0.4, -0.2) is 47.9 Å². The molecule has 0 bridgehead atoms. The third kappa shape index (κ3) is 3.60. The van der Waals surface area contributed by atoms with E-state index in [9.17, 15) is 0 Å². The summed E-state index contributed by atoms with van der Waals surface area (Å²) in [5, 5.41) is 13.0. The molecule has 1 aliphatic heterocycles. The Morgan fingerprint density at radius 3 is 2.57 bits per heavy atom. The number of piperidine rings is 1. The minimum Gasteiger partial charge on any atom is -0.341 e. The number of rotatable bonds is 4. The number of hydrogen-bond acceptors (Lipinski definition) is 7. The summed E-state index contributed by atoms with van der Waals surface area (Å²) in [4.78, 5) is 15.9. The van der Waals surface area contributed by atoms with Gasteiger partial charge >= 0.3 is 0 Å². The van der Waals surface area contributed by atoms with Gasteiger partial charge in [-0.1, -0.05) is 30.3 Å². The van der Waals surface area contributed by atoms with Crippen molar-refractivity contribution in [3.63, 3.8) is 0 Å². The summed E-state index contributed by atoms with van der Waals surface area (Å²) < 4.78 is 1.72. The van der Waals surface area contributed by atoms with Crippen molar-refractivity contribution in [3.8, 4) is 11.4 Å². The largest absolute Gasteiger partial charge is 0.341 e. The first-order chi connectivity index (χ1) is 14.7. The van der Waals surface area contributed by atoms with Crippen molar-refractivity contribution >= 4 is 11.7 Å². The molecule has 0 radical (unpaired) electrons. The number of nitrogens with zero attached hydrogens (tertiary/aromatic N) is 8. The molecular weight excluding hydrogens is 376 g/mol. The minimum atomic E-state index is 0.503. The van der Waals surface area contributed by atoms with Crippen molar-refractivity contribution in [3.05, 3.63) is 59.7 Å². The zero-order valence-electron chi connectivity index (χ0n) is 17.2. The van der Waals surface area contributed by atoms with E-state index in [0.717, 1.165) is 49.7 Å². The molecule has 152 valence electrons. The van der Waals surface area contributed by atoms with Crippen LogP contribution in [0.25, 0.3) is 17.2 Å². The number of aryl methyl sites for hydroxylation is 2. The van der Waals surface area contributed by atoms with Gasteiger partial charge in [-0.25, -0.2) is 9.97 Å². The van der Waals surface area contributed by atoms with Gasteiger partial charge in [0.1, 0.15) is 11.5 Å². The van der Waals surface area contributed by atoms with E-state index in [-0.39, 0.29) is 0 Å². The molecule has 0 saturated carbocycles. The van der Waals surface area contributed by atoms with Crippen molar-refractivity contribution in [2.24, 2.45) is 5.92 Å². The molecule has 8 heteroatoms. The SMILES string of the molecule is Cc1nc2nnc(-c3ccnc(N4CCC(Cc5ccccc5)CC4)n3)c(C)n2n1. The molecule has 1 aromatic carbocycles. The molecule has 0 unspecified atom stereocenters. The van der Waals surface area contributed by atoms with Crippen molar-refractivity contribution in [2.75, 3.05) is 18.0 Å². The van der Waals surface area contributed by atoms with Crippen molar-refractivity contribution in [1.29, 1.82) is 0 Å². The summed E-state index contributed by atoms with van der Waals surface area (Å²) in [5.74, 6) is 2.63. The van der Waals surface area contributed by atoms with Gasteiger partial charge in [0.05, 0.1) is 11.4 Å². The quantitative estimate of drug-likeness (QED) is 0.520. The van der Waals surface area contributed by atoms with E-state index in [2.05, 4.69) is 60.5 Å². The second-order valence-corrected chi connectivity index (χ2v) is 7.87. The van der Waals surface area contributed by atoms with Crippen LogP contribution in [0.2, 0.25) is 0 Å². The Morgan fingerprint density at radius 2 is 1.77 bits per heavy atom. The molecular formula is C22H24N8. The Balaban J connectivity index is 1.33. The molecule has 1 saturated heterocycles. The van der Waals surface area contributed by atoms with Gasteiger partial charge in [-0.15, -0.1) is 15.3 Å². The molecule has 0 aliphatic carbocycles. The van der Waals surface area contributed by atoms with Gasteiger partial charge in [0, 0.05) is 19.3 Å². The highest BCUT2D eigenvalue weighted by molar-refractivity contribution is 5.58. The Labute approximate surface area is 175 Å². The molecule has 4 aromatic rings. The average Bonchev–Trinajstić information content (AvgIpc) is 3.17. The van der Waals surface area contributed by atoms with Crippen LogP contribution in [0.3, 0.4) is 0 Å². The molecule has 8 nitrogen and oxygen atoms in total. The van der Waals surface area contributed by atoms with E-state index in [1.807, 2.05) is 19.9 Å². The molecule has 30 heavy (non-hydrogen) atoms. The van der Waals surface area contributed by atoms with E-state index in [0.29, 0.717) is 23.2 Å². The van der Waals surface area contributed by atoms with Crippen LogP contribution in [-0.2, 0) is 6.42 Å². The predicted octanol–water partition coefficient (Wildman–Crippen LogP) is 3.05. The Hall–Kier alpha value is -3.42. The van der Waals surface area contributed by atoms with Crippen LogP contribution in [0.1, 0.15) is 29.9 Å². The number of anilines is 1. The molecule has 1 aliphatic rings. The number of aromatic nitrogens is 7. The second-order valence-electron chi connectivity index (χ2n) is 7.87. The summed E-state index contributed by atoms with van der Waals surface area (Å²) >= 11 is 0. The fourth-order valence-electron chi connectivity index (χ4n) is 4.11. The maximum atomic E-state index is 4.80. The molecule has 3 aromatic heterocycles. The summed E-state index contributed by atoms with van der Waals surface area (Å²) in [6.07, 6.45) is 5.23. The van der Waals surface area contributed by atoms with Crippen LogP contribution < -0.4 is 4.90 Å². The topological polar surface area (TPSA) is 85.0 Å². The summed E-state index contributed by atoms with van der Waals surface area (Å²) in [6.45, 7) is 5.74. The first kappa shape index (κ1) is 18.6. The molecule has 0 spiro atoms. The minimum absolute atomic E-state index is 0.503. The number of hydrogen-bond donors (Lipinski definition) is 0. The van der Waals surface area contributed by atoms with Crippen molar-refractivity contribution in [1.82, 2.24) is 34.8 Å². The van der Waals surface area contributed by atoms with Gasteiger partial charge in [-0.3, -0.25) is 0 Å². The molecule has 0 N–H and O–H groups in total. The van der Waals surface area contributed by atoms with Crippen LogP contribution >= 0.6 is 0 Å². The van der Waals surface area contributed by atoms with Crippen LogP contribution in [0.15, 0.2) is 42.6 Å². The van der Waals surface area contributed by atoms with Crippen molar-refractivity contribution < 1.29 is 0 Å². The third-order valence-corrected chi connectivity index (χ3v) is 5.75. The first-order valence-electron chi connectivity index (χ1n) is 10.4. The second kappa shape index (κ2) is 7.78. The van der Waals surface area contributed by atoms with Crippen molar-refractivity contribution in [2.45, 2.75) is 33.1 Å². The lowest BCUT2D eigenvalue weighted by Gasteiger charge is -2.32. The molecule has 0 amide bonds. The fourth-order valence-corrected chi connectivity index (χ4v) is 4.11. The zero-order chi connectivity index (χ0) is 20.5. The lowest BCUT2D eigenvalue weighted by Crippen LogP contribution is -2.35. The highest BCUT2D eigenvalue weighted by atomic mass is 15.4. The van der Waals surface area contributed by atoms with E-state index in [4.69, 9.17) is 4.98 Å². The fraction of sp³-hybridized carbons (Fsp3) is 0.364. The Kier molecular flexibility index (Phi) is 4.82. The highest BCUT2D eigenvalue weighted by Gasteiger charge is 2.22. The third-order valence-electron chi connectivity index (χ3n) is 5.75. The van der Waals surface area contributed by atoms with E-state index in [1.165, 1.54) is 5.56 Å². The summed E-state index contributed by atoms with van der Waals surface area (Å²) in [7, 11) is 0. The average molecular weight is 400 g/mol. The normalized spacial score (nSPS) is 15.1. The van der Waals surface area contributed by atoms with Crippen LogP contribution in [0, 0.1) is 19.8 Å². The Morgan fingerprint density at radius 1 is 0.967 bits per heavy atom. The lowest BCUT2D eigenvalue weighted by molar-refractivity contribution is 0.400. The predicted molar refractivity (Wildman–Crippen MR) is 114 cm³/mol. The lowest BCUT2D eigenvalue weighted by atomic mass is 9.90. The van der Waals surface area contributed by atoms with E-state index < -0.39 is 0 Å². The maximum Gasteiger partial charge on any atom is 0.272 e. The smallest absolute Gasteiger partial charge is 0.272 e. The van der Waals surface area contributed by atoms with Gasteiger partial charge in [-0.2, -0.15) is 9.50 Å². The Bertz CT molecular complexity index is 1160. The standard InChI is InChI=1S/C22H24N8/c1-15-20(26-27-22-24-16(2)28-30(15)22)19-8-11-23-21(25-19)29-12-9-18(10-13-29)14-17-6-4-3-5-7-17/h3-8,11,18H,9-10,12-14H2,1-2H3. The van der Waals surface area contributed by atoms with E-state index >= 15 is 0 Å². The molecule has 5 rings (SSSR count). The number of benzene rings is 1. The molecule has 1 fully saturated rings. The van der Waals surface area contributed by atoms with Gasteiger partial charge in [0.2, 0.25) is 5.95 Å². The summed E-state index contributed by atoms with van der Waals surface area (Å²) in [5.41, 5.74) is 3.75. The van der Waals surface area contributed by atoms with Gasteiger partial charge < -0.3 is 4.90 Å². The van der Waals surface area contributed by atoms with Crippen LogP contribution in [0.5, 0.6) is 0 Å². The van der Waals surface area contributed by atoms with Crippen LogP contribution in [0.4, 0.5) is 5.95 Å². The summed E-state index contributed by atoms with van der Waals surface area (Å²) in [6, 6.07) is 12.6. The molecule has 4 heterocycles. The number of fused-ring (bicyclic) bond motifs is 1. The maximum absolute atomic E-state index is 4.80. The highest BCUT2D eigenvalue weighted by Crippen LogP contribution is 2.25. The van der Waals surface area contributed by atoms with E-state index in [1.54, 1.807) is 10.7 Å². The first-order valence-corrected chi connectivity index (χ1v) is 10.4. The zero-order valence-corrected chi connectivity index (χ0v) is 17.2. The molecule has 0 atom stereocenters. The monoisotopic (exact) mass is 400 g/mol. The van der Waals surface area contributed by atoms with Gasteiger partial charge in [0.15, 0.2) is 0 Å². The van der Waals surface area contributed by atoms with Gasteiger partial charge in [-0.05, 0) is 50.7 Å². The van der Waals surface area contributed by atoms with Gasteiger partial charge in [0.25, 0.3) is 5.78 Å².